The van der Waals surface area contributed by atoms with Crippen molar-refractivity contribution in [2.75, 3.05) is 13.2 Å². The minimum atomic E-state index is -1.10. The summed E-state index contributed by atoms with van der Waals surface area (Å²) in [5.74, 6) is 0.947. The van der Waals surface area contributed by atoms with E-state index in [1.54, 1.807) is 5.57 Å². The van der Waals surface area contributed by atoms with Crippen LogP contribution in [-0.4, -0.2) is 27.1 Å². The first kappa shape index (κ1) is 14.8. The summed E-state index contributed by atoms with van der Waals surface area (Å²) < 4.78 is 11.9. The van der Waals surface area contributed by atoms with Gasteiger partial charge < -0.3 is 9.47 Å². The standard InChI is InChI=1S/C17H30O2Si/c1-13-10-17(18-8-9-19-17)11-14(2)15(13)12-16(6-7-16)20(3,4)5/h12-14H,6-11H2,1-5H3/t13-,14+. The minimum absolute atomic E-state index is 0.258. The van der Waals surface area contributed by atoms with Crippen LogP contribution in [0.5, 0.6) is 0 Å². The van der Waals surface area contributed by atoms with Crippen LogP contribution in [0.4, 0.5) is 0 Å². The van der Waals surface area contributed by atoms with Gasteiger partial charge in [0.05, 0.1) is 21.3 Å². The number of hydrogen-bond acceptors (Lipinski definition) is 2. The molecule has 3 fully saturated rings. The first-order chi connectivity index (χ1) is 9.27. The molecule has 3 heteroatoms. The maximum absolute atomic E-state index is 5.94. The number of ether oxygens (including phenoxy) is 2. The van der Waals surface area contributed by atoms with Crippen molar-refractivity contribution in [3.05, 3.63) is 11.6 Å². The van der Waals surface area contributed by atoms with Gasteiger partial charge in [0, 0.05) is 12.8 Å². The van der Waals surface area contributed by atoms with E-state index in [4.69, 9.17) is 9.47 Å². The Morgan fingerprint density at radius 3 is 1.90 bits per heavy atom. The molecule has 0 radical (unpaired) electrons. The van der Waals surface area contributed by atoms with Crippen molar-refractivity contribution < 1.29 is 9.47 Å². The van der Waals surface area contributed by atoms with Crippen molar-refractivity contribution in [2.24, 2.45) is 11.8 Å². The third kappa shape index (κ3) is 2.42. The van der Waals surface area contributed by atoms with Crippen LogP contribution in [0, 0.1) is 11.8 Å². The summed E-state index contributed by atoms with van der Waals surface area (Å²) in [6, 6.07) is 0. The fourth-order valence-corrected chi connectivity index (χ4v) is 6.54. The predicted molar refractivity (Wildman–Crippen MR) is 85.6 cm³/mol. The van der Waals surface area contributed by atoms with Crippen LogP contribution in [0.25, 0.3) is 0 Å². The van der Waals surface area contributed by atoms with Crippen LogP contribution in [0.1, 0.15) is 39.5 Å². The lowest BCUT2D eigenvalue weighted by molar-refractivity contribution is -0.186. The minimum Gasteiger partial charge on any atom is -0.347 e. The van der Waals surface area contributed by atoms with Gasteiger partial charge >= 0.3 is 0 Å². The van der Waals surface area contributed by atoms with Crippen molar-refractivity contribution >= 4 is 8.07 Å². The van der Waals surface area contributed by atoms with Gasteiger partial charge in [0.15, 0.2) is 5.79 Å². The van der Waals surface area contributed by atoms with E-state index in [1.807, 2.05) is 0 Å². The zero-order valence-corrected chi connectivity index (χ0v) is 14.8. The number of rotatable bonds is 2. The van der Waals surface area contributed by atoms with Crippen LogP contribution in [0.15, 0.2) is 11.6 Å². The van der Waals surface area contributed by atoms with Crippen molar-refractivity contribution in [3.8, 4) is 0 Å². The zero-order valence-electron chi connectivity index (χ0n) is 13.8. The Morgan fingerprint density at radius 2 is 1.50 bits per heavy atom. The third-order valence-corrected chi connectivity index (χ3v) is 9.54. The summed E-state index contributed by atoms with van der Waals surface area (Å²) >= 11 is 0. The summed E-state index contributed by atoms with van der Waals surface area (Å²) in [5.41, 5.74) is 1.69. The van der Waals surface area contributed by atoms with Gasteiger partial charge in [0.2, 0.25) is 0 Å². The van der Waals surface area contributed by atoms with Gasteiger partial charge in [-0.05, 0) is 29.7 Å². The first-order valence-electron chi connectivity index (χ1n) is 8.28. The highest BCUT2D eigenvalue weighted by Crippen LogP contribution is 2.63. The lowest BCUT2D eigenvalue weighted by Gasteiger charge is -2.41. The fourth-order valence-electron chi connectivity index (χ4n) is 4.32. The predicted octanol–water partition coefficient (Wildman–Crippen LogP) is 4.59. The molecule has 1 saturated heterocycles. The largest absolute Gasteiger partial charge is 0.347 e. The van der Waals surface area contributed by atoms with E-state index in [2.05, 4.69) is 39.6 Å². The van der Waals surface area contributed by atoms with Crippen molar-refractivity contribution in [3.63, 3.8) is 0 Å². The molecule has 0 aromatic heterocycles. The Kier molecular flexibility index (Phi) is 3.47. The topological polar surface area (TPSA) is 18.5 Å². The molecule has 2 nitrogen and oxygen atoms in total. The first-order valence-corrected chi connectivity index (χ1v) is 11.8. The quantitative estimate of drug-likeness (QED) is 0.547. The van der Waals surface area contributed by atoms with E-state index < -0.39 is 8.07 Å². The van der Waals surface area contributed by atoms with Crippen molar-refractivity contribution in [1.29, 1.82) is 0 Å². The van der Waals surface area contributed by atoms with E-state index in [9.17, 15) is 0 Å². The maximum Gasteiger partial charge on any atom is 0.169 e. The van der Waals surface area contributed by atoms with Crippen LogP contribution < -0.4 is 0 Å². The van der Waals surface area contributed by atoms with Gasteiger partial charge in [-0.1, -0.05) is 45.1 Å². The van der Waals surface area contributed by atoms with E-state index in [1.165, 1.54) is 12.8 Å². The molecule has 20 heavy (non-hydrogen) atoms. The van der Waals surface area contributed by atoms with Crippen LogP contribution in [-0.2, 0) is 9.47 Å². The molecular formula is C17H30O2Si. The monoisotopic (exact) mass is 294 g/mol. The Balaban J connectivity index is 1.82. The van der Waals surface area contributed by atoms with Crippen LogP contribution >= 0.6 is 0 Å². The van der Waals surface area contributed by atoms with Gasteiger partial charge in [-0.25, -0.2) is 0 Å². The molecule has 3 aliphatic rings. The highest BCUT2D eigenvalue weighted by atomic mass is 28.3. The fraction of sp³-hybridized carbons (Fsp3) is 0.882. The molecule has 0 amide bonds. The molecular weight excluding hydrogens is 264 g/mol. The second-order valence-electron chi connectivity index (χ2n) is 8.37. The van der Waals surface area contributed by atoms with Crippen LogP contribution in [0.2, 0.25) is 24.7 Å². The average Bonchev–Trinajstić information content (AvgIpc) is 3.01. The molecule has 2 aliphatic carbocycles. The Hall–Kier alpha value is -0.123. The average molecular weight is 295 g/mol. The van der Waals surface area contributed by atoms with E-state index in [0.29, 0.717) is 16.9 Å². The lowest BCUT2D eigenvalue weighted by Crippen LogP contribution is -2.40. The molecule has 0 aromatic rings. The highest BCUT2D eigenvalue weighted by molar-refractivity contribution is 6.80. The SMILES string of the molecule is C[C@@H]1CC2(C[C@H](C)C1=CC1([Si](C)(C)C)CC1)OCCO2. The Bertz CT molecular complexity index is 395. The highest BCUT2D eigenvalue weighted by Gasteiger charge is 2.53. The van der Waals surface area contributed by atoms with Crippen LogP contribution in [0.3, 0.4) is 0 Å². The number of allylic oxidation sites excluding steroid dienone is 2. The molecule has 1 heterocycles. The molecule has 114 valence electrons. The van der Waals surface area contributed by atoms with Gasteiger partial charge in [-0.2, -0.15) is 0 Å². The number of hydrogen-bond donors (Lipinski definition) is 0. The molecule has 0 N–H and O–H groups in total. The molecule has 1 aliphatic heterocycles. The summed E-state index contributed by atoms with van der Waals surface area (Å²) in [5, 5.41) is 0.590. The smallest absolute Gasteiger partial charge is 0.169 e. The van der Waals surface area contributed by atoms with Crippen molar-refractivity contribution in [2.45, 2.75) is 70.0 Å². The van der Waals surface area contributed by atoms with Gasteiger partial charge in [-0.15, -0.1) is 0 Å². The van der Waals surface area contributed by atoms with Crippen molar-refractivity contribution in [1.82, 2.24) is 0 Å². The second kappa shape index (κ2) is 4.69. The van der Waals surface area contributed by atoms with E-state index in [0.717, 1.165) is 26.1 Å². The lowest BCUT2D eigenvalue weighted by atomic mass is 9.74. The molecule has 2 atom stereocenters. The molecule has 0 unspecified atom stereocenters. The molecule has 0 bridgehead atoms. The normalized spacial score (nSPS) is 37.5. The second-order valence-corrected chi connectivity index (χ2v) is 13.9. The zero-order chi connectivity index (χ0) is 14.6. The summed E-state index contributed by atoms with van der Waals surface area (Å²) in [7, 11) is -1.10. The summed E-state index contributed by atoms with van der Waals surface area (Å²) in [6.45, 7) is 13.9. The maximum atomic E-state index is 5.94. The van der Waals surface area contributed by atoms with Gasteiger partial charge in [-0.3, -0.25) is 0 Å². The summed E-state index contributed by atoms with van der Waals surface area (Å²) in [4.78, 5) is 0. The Labute approximate surface area is 124 Å². The molecule has 1 spiro atoms. The summed E-state index contributed by atoms with van der Waals surface area (Å²) in [6.07, 6.45) is 7.64. The van der Waals surface area contributed by atoms with Gasteiger partial charge in [0.25, 0.3) is 0 Å². The Morgan fingerprint density at radius 1 is 1.00 bits per heavy atom. The molecule has 3 rings (SSSR count). The van der Waals surface area contributed by atoms with E-state index >= 15 is 0 Å². The molecule has 2 saturated carbocycles. The van der Waals surface area contributed by atoms with E-state index in [-0.39, 0.29) is 5.79 Å². The van der Waals surface area contributed by atoms with Gasteiger partial charge in [0.1, 0.15) is 0 Å². The third-order valence-electron chi connectivity index (χ3n) is 5.91. The molecule has 0 aromatic carbocycles.